The van der Waals surface area contributed by atoms with Crippen LogP contribution >= 0.6 is 11.6 Å². The van der Waals surface area contributed by atoms with E-state index in [0.29, 0.717) is 28.2 Å². The average molecular weight is 303 g/mol. The lowest BCUT2D eigenvalue weighted by molar-refractivity contribution is 0.0921. The fourth-order valence-electron chi connectivity index (χ4n) is 1.85. The second-order valence-electron chi connectivity index (χ2n) is 4.82. The monoisotopic (exact) mass is 302 g/mol. The smallest absolute Gasteiger partial charge is 0.200 e. The number of halogens is 1. The zero-order valence-corrected chi connectivity index (χ0v) is 12.6. The third-order valence-electron chi connectivity index (χ3n) is 3.28. The molecule has 0 atom stereocenters. The molecule has 2 aromatic carbocycles. The van der Waals surface area contributed by atoms with E-state index in [2.05, 4.69) is 0 Å². The number of carbonyl (C=O) groups is 2. The molecule has 0 N–H and O–H groups in total. The molecular weight excluding hydrogens is 288 g/mol. The Labute approximate surface area is 128 Å². The maximum absolute atomic E-state index is 12.1. The van der Waals surface area contributed by atoms with Crippen LogP contribution in [-0.2, 0) is 0 Å². The molecule has 0 bridgehead atoms. The van der Waals surface area contributed by atoms with Crippen molar-refractivity contribution in [2.75, 3.05) is 6.61 Å². The van der Waals surface area contributed by atoms with Crippen molar-refractivity contribution in [2.45, 2.75) is 13.8 Å². The predicted octanol–water partition coefficient (Wildman–Crippen LogP) is 4.03. The van der Waals surface area contributed by atoms with E-state index in [1.54, 1.807) is 18.2 Å². The Morgan fingerprint density at radius 3 is 2.52 bits per heavy atom. The fraction of sp³-hybridized carbons (Fsp3) is 0.176. The SMILES string of the molecule is Cc1ccc(C(=O)COc2ccc(C=O)cc2Cl)cc1C. The summed E-state index contributed by atoms with van der Waals surface area (Å²) >= 11 is 5.99. The van der Waals surface area contributed by atoms with Crippen LogP contribution in [0.5, 0.6) is 5.75 Å². The van der Waals surface area contributed by atoms with Crippen LogP contribution < -0.4 is 4.74 Å². The van der Waals surface area contributed by atoms with Crippen LogP contribution in [-0.4, -0.2) is 18.7 Å². The second-order valence-corrected chi connectivity index (χ2v) is 5.23. The van der Waals surface area contributed by atoms with Crippen LogP contribution in [0.1, 0.15) is 31.8 Å². The number of aryl methyl sites for hydroxylation is 2. The highest BCUT2D eigenvalue weighted by molar-refractivity contribution is 6.32. The minimum absolute atomic E-state index is 0.0946. The highest BCUT2D eigenvalue weighted by Crippen LogP contribution is 2.25. The maximum Gasteiger partial charge on any atom is 0.200 e. The number of aldehydes is 1. The number of carbonyl (C=O) groups excluding carboxylic acids is 2. The first-order chi connectivity index (χ1) is 10.0. The Bertz CT molecular complexity index is 692. The van der Waals surface area contributed by atoms with E-state index in [4.69, 9.17) is 16.3 Å². The molecule has 21 heavy (non-hydrogen) atoms. The normalized spacial score (nSPS) is 10.2. The van der Waals surface area contributed by atoms with Crippen LogP contribution in [0.15, 0.2) is 36.4 Å². The summed E-state index contributed by atoms with van der Waals surface area (Å²) in [5.41, 5.74) is 3.28. The van der Waals surface area contributed by atoms with Gasteiger partial charge in [0.25, 0.3) is 0 Å². The van der Waals surface area contributed by atoms with E-state index < -0.39 is 0 Å². The Hall–Kier alpha value is -2.13. The van der Waals surface area contributed by atoms with Gasteiger partial charge >= 0.3 is 0 Å². The van der Waals surface area contributed by atoms with Gasteiger partial charge in [0.1, 0.15) is 12.0 Å². The van der Waals surface area contributed by atoms with Crippen LogP contribution in [0.3, 0.4) is 0 Å². The zero-order chi connectivity index (χ0) is 15.4. The van der Waals surface area contributed by atoms with Gasteiger partial charge in [-0.15, -0.1) is 0 Å². The molecule has 108 valence electrons. The molecule has 0 unspecified atom stereocenters. The number of rotatable bonds is 5. The Kier molecular flexibility index (Phi) is 4.76. The maximum atomic E-state index is 12.1. The highest BCUT2D eigenvalue weighted by Gasteiger charge is 2.10. The summed E-state index contributed by atoms with van der Waals surface area (Å²) < 4.78 is 5.43. The van der Waals surface area contributed by atoms with Crippen LogP contribution in [0, 0.1) is 13.8 Å². The molecule has 0 radical (unpaired) electrons. The molecule has 2 rings (SSSR count). The number of Topliss-reactive ketones (excluding diaryl/α,β-unsaturated/α-hetero) is 1. The van der Waals surface area contributed by atoms with Gasteiger partial charge < -0.3 is 4.74 Å². The summed E-state index contributed by atoms with van der Waals surface area (Å²) in [7, 11) is 0. The topological polar surface area (TPSA) is 43.4 Å². The lowest BCUT2D eigenvalue weighted by Crippen LogP contribution is -2.12. The number of ketones is 1. The minimum Gasteiger partial charge on any atom is -0.484 e. The van der Waals surface area contributed by atoms with E-state index in [-0.39, 0.29) is 12.4 Å². The first-order valence-corrected chi connectivity index (χ1v) is 6.87. The summed E-state index contributed by atoms with van der Waals surface area (Å²) in [6, 6.07) is 10.2. The lowest BCUT2D eigenvalue weighted by atomic mass is 10.0. The molecule has 0 fully saturated rings. The first-order valence-electron chi connectivity index (χ1n) is 6.49. The summed E-state index contributed by atoms with van der Waals surface area (Å²) in [4.78, 5) is 22.7. The summed E-state index contributed by atoms with van der Waals surface area (Å²) in [5.74, 6) is 0.271. The molecule has 0 aliphatic carbocycles. The third kappa shape index (κ3) is 3.70. The van der Waals surface area contributed by atoms with Gasteiger partial charge in [-0.2, -0.15) is 0 Å². The van der Waals surface area contributed by atoms with Crippen LogP contribution in [0.25, 0.3) is 0 Å². The van der Waals surface area contributed by atoms with Gasteiger partial charge in [0, 0.05) is 11.1 Å². The molecule has 3 nitrogen and oxygen atoms in total. The fourth-order valence-corrected chi connectivity index (χ4v) is 2.09. The standard InChI is InChI=1S/C17H15ClO3/c1-11-3-5-14(7-12(11)2)16(20)10-21-17-6-4-13(9-19)8-15(17)18/h3-9H,10H2,1-2H3. The molecule has 0 saturated carbocycles. The Morgan fingerprint density at radius 2 is 1.90 bits per heavy atom. The summed E-state index contributed by atoms with van der Waals surface area (Å²) in [5, 5.41) is 0.312. The van der Waals surface area contributed by atoms with E-state index in [1.165, 1.54) is 6.07 Å². The van der Waals surface area contributed by atoms with E-state index in [1.807, 2.05) is 26.0 Å². The van der Waals surface area contributed by atoms with Crippen molar-refractivity contribution in [3.63, 3.8) is 0 Å². The van der Waals surface area contributed by atoms with Gasteiger partial charge in [0.2, 0.25) is 0 Å². The number of benzene rings is 2. The lowest BCUT2D eigenvalue weighted by Gasteiger charge is -2.09. The van der Waals surface area contributed by atoms with Crippen molar-refractivity contribution in [3.05, 3.63) is 63.7 Å². The van der Waals surface area contributed by atoms with Gasteiger partial charge in [-0.05, 0) is 49.2 Å². The van der Waals surface area contributed by atoms with Crippen molar-refractivity contribution in [1.29, 1.82) is 0 Å². The molecule has 2 aromatic rings. The Morgan fingerprint density at radius 1 is 1.14 bits per heavy atom. The molecule has 0 heterocycles. The van der Waals surface area contributed by atoms with E-state index in [9.17, 15) is 9.59 Å². The van der Waals surface area contributed by atoms with Gasteiger partial charge in [-0.25, -0.2) is 0 Å². The number of hydrogen-bond donors (Lipinski definition) is 0. The predicted molar refractivity (Wildman–Crippen MR) is 82.6 cm³/mol. The van der Waals surface area contributed by atoms with Crippen molar-refractivity contribution in [3.8, 4) is 5.75 Å². The molecule has 4 heteroatoms. The van der Waals surface area contributed by atoms with E-state index in [0.717, 1.165) is 11.1 Å². The third-order valence-corrected chi connectivity index (χ3v) is 3.58. The van der Waals surface area contributed by atoms with Crippen molar-refractivity contribution in [1.82, 2.24) is 0 Å². The van der Waals surface area contributed by atoms with Crippen molar-refractivity contribution in [2.24, 2.45) is 0 Å². The number of hydrogen-bond acceptors (Lipinski definition) is 3. The van der Waals surface area contributed by atoms with Gasteiger partial charge in [0.15, 0.2) is 12.4 Å². The van der Waals surface area contributed by atoms with Crippen molar-refractivity contribution < 1.29 is 14.3 Å². The molecule has 0 aromatic heterocycles. The molecule has 0 aliphatic heterocycles. The van der Waals surface area contributed by atoms with Gasteiger partial charge in [-0.1, -0.05) is 23.7 Å². The minimum atomic E-state index is -0.117. The molecule has 0 aliphatic rings. The van der Waals surface area contributed by atoms with Gasteiger partial charge in [0.05, 0.1) is 5.02 Å². The molecular formula is C17H15ClO3. The molecule has 0 amide bonds. The quantitative estimate of drug-likeness (QED) is 0.618. The zero-order valence-electron chi connectivity index (χ0n) is 11.9. The average Bonchev–Trinajstić information content (AvgIpc) is 2.48. The van der Waals surface area contributed by atoms with Crippen LogP contribution in [0.4, 0.5) is 0 Å². The number of ether oxygens (including phenoxy) is 1. The molecule has 0 spiro atoms. The first kappa shape index (κ1) is 15.3. The summed E-state index contributed by atoms with van der Waals surface area (Å²) in [6.07, 6.45) is 0.704. The Balaban J connectivity index is 2.07. The van der Waals surface area contributed by atoms with Crippen molar-refractivity contribution >= 4 is 23.7 Å². The van der Waals surface area contributed by atoms with E-state index >= 15 is 0 Å². The highest BCUT2D eigenvalue weighted by atomic mass is 35.5. The van der Waals surface area contributed by atoms with Gasteiger partial charge in [-0.3, -0.25) is 9.59 Å². The van der Waals surface area contributed by atoms with Crippen LogP contribution in [0.2, 0.25) is 5.02 Å². The molecule has 0 saturated heterocycles. The summed E-state index contributed by atoms with van der Waals surface area (Å²) in [6.45, 7) is 3.86. The largest absolute Gasteiger partial charge is 0.484 e. The second kappa shape index (κ2) is 6.55.